The zero-order valence-electron chi connectivity index (χ0n) is 17.8. The molecule has 1 aliphatic heterocycles. The smallest absolute Gasteiger partial charge is 0.314 e. The lowest BCUT2D eigenvalue weighted by atomic mass is 9.73. The van der Waals surface area contributed by atoms with Crippen LogP contribution in [0.4, 0.5) is 0 Å². The number of pyridine rings is 1. The van der Waals surface area contributed by atoms with E-state index in [0.717, 1.165) is 42.2 Å². The first-order valence-corrected chi connectivity index (χ1v) is 10.8. The molecule has 1 aliphatic rings. The Morgan fingerprint density at radius 3 is 2.39 bits per heavy atom. The number of carbonyl (C=O) groups is 1. The van der Waals surface area contributed by atoms with Crippen LogP contribution in [0.1, 0.15) is 30.9 Å². The van der Waals surface area contributed by atoms with Crippen LogP contribution in [0.5, 0.6) is 5.75 Å². The lowest BCUT2D eigenvalue weighted by Gasteiger charge is -2.39. The number of aliphatic carboxylic acids is 1. The molecule has 2 heterocycles. The molecule has 1 N–H and O–H groups in total. The molecular formula is C26H28N2O3. The first-order valence-electron chi connectivity index (χ1n) is 10.8. The van der Waals surface area contributed by atoms with Gasteiger partial charge in [0.2, 0.25) is 0 Å². The van der Waals surface area contributed by atoms with Crippen molar-refractivity contribution in [3.63, 3.8) is 0 Å². The Kier molecular flexibility index (Phi) is 6.33. The summed E-state index contributed by atoms with van der Waals surface area (Å²) in [6.07, 6.45) is 2.89. The summed E-state index contributed by atoms with van der Waals surface area (Å²) in [7, 11) is 0. The molecule has 0 spiro atoms. The van der Waals surface area contributed by atoms with Crippen molar-refractivity contribution in [2.24, 2.45) is 0 Å². The molecule has 0 saturated carbocycles. The summed E-state index contributed by atoms with van der Waals surface area (Å²) >= 11 is 0. The van der Waals surface area contributed by atoms with Crippen LogP contribution in [0.2, 0.25) is 0 Å². The predicted octanol–water partition coefficient (Wildman–Crippen LogP) is 4.77. The topological polar surface area (TPSA) is 62.7 Å². The van der Waals surface area contributed by atoms with Gasteiger partial charge in [0.05, 0.1) is 17.7 Å². The van der Waals surface area contributed by atoms with Crippen LogP contribution in [0.3, 0.4) is 0 Å². The minimum absolute atomic E-state index is 0.575. The van der Waals surface area contributed by atoms with E-state index in [2.05, 4.69) is 22.0 Å². The molecular weight excluding hydrogens is 388 g/mol. The van der Waals surface area contributed by atoms with Gasteiger partial charge in [0.15, 0.2) is 0 Å². The molecule has 3 aromatic rings. The van der Waals surface area contributed by atoms with Crippen LogP contribution in [-0.4, -0.2) is 40.7 Å². The number of para-hydroxylation sites is 1. The van der Waals surface area contributed by atoms with Gasteiger partial charge in [-0.1, -0.05) is 48.5 Å². The summed E-state index contributed by atoms with van der Waals surface area (Å²) in [5.74, 6) is 0.0172. The highest BCUT2D eigenvalue weighted by molar-refractivity contribution is 5.81. The van der Waals surface area contributed by atoms with Crippen molar-refractivity contribution in [2.45, 2.75) is 31.7 Å². The molecule has 0 radical (unpaired) electrons. The van der Waals surface area contributed by atoms with Gasteiger partial charge in [-0.2, -0.15) is 0 Å². The Morgan fingerprint density at radius 1 is 1.03 bits per heavy atom. The van der Waals surface area contributed by atoms with Crippen molar-refractivity contribution in [3.05, 3.63) is 84.1 Å². The van der Waals surface area contributed by atoms with Crippen molar-refractivity contribution >= 4 is 5.97 Å². The van der Waals surface area contributed by atoms with Crippen molar-refractivity contribution < 1.29 is 14.6 Å². The van der Waals surface area contributed by atoms with E-state index in [1.54, 1.807) is 6.20 Å². The first kappa shape index (κ1) is 21.1. The lowest BCUT2D eigenvalue weighted by molar-refractivity contribution is -0.146. The number of hydrogen-bond donors (Lipinski definition) is 1. The maximum Gasteiger partial charge on any atom is 0.314 e. The van der Waals surface area contributed by atoms with E-state index >= 15 is 0 Å². The fraction of sp³-hybridized carbons (Fsp3) is 0.308. The van der Waals surface area contributed by atoms with E-state index in [-0.39, 0.29) is 0 Å². The summed E-state index contributed by atoms with van der Waals surface area (Å²) in [5.41, 5.74) is 2.84. The molecule has 5 heteroatoms. The number of carboxylic acids is 1. The Morgan fingerprint density at radius 2 is 1.74 bits per heavy atom. The maximum atomic E-state index is 12.4. The van der Waals surface area contributed by atoms with E-state index in [0.29, 0.717) is 19.4 Å². The number of benzene rings is 2. The molecule has 160 valence electrons. The van der Waals surface area contributed by atoms with E-state index in [1.807, 2.05) is 61.5 Å². The maximum absolute atomic E-state index is 12.4. The normalized spacial score (nSPS) is 16.0. The highest BCUT2D eigenvalue weighted by atomic mass is 16.5. The molecule has 0 atom stereocenters. The van der Waals surface area contributed by atoms with Gasteiger partial charge >= 0.3 is 5.97 Å². The fourth-order valence-corrected chi connectivity index (χ4v) is 4.36. The average molecular weight is 417 g/mol. The van der Waals surface area contributed by atoms with Gasteiger partial charge in [-0.3, -0.25) is 14.7 Å². The van der Waals surface area contributed by atoms with Gasteiger partial charge in [0, 0.05) is 18.3 Å². The number of carboxylic acid groups (broad SMARTS) is 1. The third-order valence-corrected chi connectivity index (χ3v) is 6.15. The molecule has 1 saturated heterocycles. The van der Waals surface area contributed by atoms with Gasteiger partial charge in [-0.25, -0.2) is 0 Å². The highest BCUT2D eigenvalue weighted by Gasteiger charge is 2.43. The summed E-state index contributed by atoms with van der Waals surface area (Å²) in [6.45, 7) is 4.87. The zero-order valence-corrected chi connectivity index (χ0v) is 17.8. The van der Waals surface area contributed by atoms with Gasteiger partial charge in [0.1, 0.15) is 5.75 Å². The fourth-order valence-electron chi connectivity index (χ4n) is 4.36. The molecule has 2 aromatic carbocycles. The first-order chi connectivity index (χ1) is 15.1. The van der Waals surface area contributed by atoms with E-state index in [9.17, 15) is 9.90 Å². The third-order valence-electron chi connectivity index (χ3n) is 6.15. The minimum Gasteiger partial charge on any atom is -0.493 e. The molecule has 0 unspecified atom stereocenters. The average Bonchev–Trinajstić information content (AvgIpc) is 2.81. The van der Waals surface area contributed by atoms with Crippen molar-refractivity contribution in [2.75, 3.05) is 19.7 Å². The Balaban J connectivity index is 1.52. The number of aromatic nitrogens is 1. The quantitative estimate of drug-likeness (QED) is 0.601. The van der Waals surface area contributed by atoms with Crippen LogP contribution in [0.15, 0.2) is 72.9 Å². The second-order valence-corrected chi connectivity index (χ2v) is 8.01. The van der Waals surface area contributed by atoms with Crippen LogP contribution >= 0.6 is 0 Å². The van der Waals surface area contributed by atoms with Crippen LogP contribution in [-0.2, 0) is 16.8 Å². The number of hydrogen-bond acceptors (Lipinski definition) is 4. The Bertz CT molecular complexity index is 1010. The number of rotatable bonds is 7. The van der Waals surface area contributed by atoms with Crippen LogP contribution in [0, 0.1) is 0 Å². The van der Waals surface area contributed by atoms with Gasteiger partial charge in [-0.15, -0.1) is 0 Å². The van der Waals surface area contributed by atoms with Gasteiger partial charge in [0.25, 0.3) is 0 Å². The van der Waals surface area contributed by atoms with Crippen molar-refractivity contribution in [1.29, 1.82) is 0 Å². The second kappa shape index (κ2) is 9.31. The van der Waals surface area contributed by atoms with E-state index in [4.69, 9.17) is 4.74 Å². The predicted molar refractivity (Wildman–Crippen MR) is 121 cm³/mol. The minimum atomic E-state index is -0.891. The second-order valence-electron chi connectivity index (χ2n) is 8.01. The lowest BCUT2D eigenvalue weighted by Crippen LogP contribution is -2.47. The van der Waals surface area contributed by atoms with E-state index < -0.39 is 11.4 Å². The van der Waals surface area contributed by atoms with Crippen molar-refractivity contribution in [3.8, 4) is 17.0 Å². The molecule has 1 aromatic heterocycles. The zero-order chi connectivity index (χ0) is 21.7. The van der Waals surface area contributed by atoms with Gasteiger partial charge in [-0.05, 0) is 62.2 Å². The van der Waals surface area contributed by atoms with E-state index in [1.165, 1.54) is 5.56 Å². The molecule has 1 fully saturated rings. The third kappa shape index (κ3) is 4.47. The van der Waals surface area contributed by atoms with Crippen LogP contribution in [0.25, 0.3) is 11.3 Å². The molecule has 31 heavy (non-hydrogen) atoms. The van der Waals surface area contributed by atoms with Gasteiger partial charge < -0.3 is 9.84 Å². The standard InChI is InChI=1S/C26H28N2O3/c1-2-31-24-11-7-6-10-22(24)23-13-12-21(18-27-23)26(25(29)30)14-16-28(17-15-26)19-20-8-4-3-5-9-20/h3-13,18H,2,14-17,19H2,1H3,(H,29,30). The number of ether oxygens (including phenoxy) is 1. The number of piperidine rings is 1. The summed E-state index contributed by atoms with van der Waals surface area (Å²) in [5, 5.41) is 10.2. The molecule has 0 amide bonds. The monoisotopic (exact) mass is 416 g/mol. The molecule has 0 aliphatic carbocycles. The Labute approximate surface area is 183 Å². The number of nitrogens with zero attached hydrogens (tertiary/aromatic N) is 2. The van der Waals surface area contributed by atoms with Crippen molar-refractivity contribution in [1.82, 2.24) is 9.88 Å². The molecule has 0 bridgehead atoms. The summed E-state index contributed by atoms with van der Waals surface area (Å²) < 4.78 is 5.72. The Hall–Kier alpha value is -3.18. The highest BCUT2D eigenvalue weighted by Crippen LogP contribution is 2.37. The number of likely N-dealkylation sites (tertiary alicyclic amines) is 1. The molecule has 4 rings (SSSR count). The van der Waals surface area contributed by atoms with Crippen LogP contribution < -0.4 is 4.74 Å². The SMILES string of the molecule is CCOc1ccccc1-c1ccc(C2(C(=O)O)CCN(Cc3ccccc3)CC2)cn1. The molecule has 5 nitrogen and oxygen atoms in total. The summed E-state index contributed by atoms with van der Waals surface area (Å²) in [4.78, 5) is 19.3. The largest absolute Gasteiger partial charge is 0.493 e. The summed E-state index contributed by atoms with van der Waals surface area (Å²) in [6, 6.07) is 21.9.